The van der Waals surface area contributed by atoms with Crippen LogP contribution < -0.4 is 5.32 Å². The van der Waals surface area contributed by atoms with Gasteiger partial charge in [0.1, 0.15) is 17.8 Å². The Bertz CT molecular complexity index is 320. The molecule has 2 fully saturated rings. The van der Waals surface area contributed by atoms with Gasteiger partial charge >= 0.3 is 6.09 Å². The second-order valence-corrected chi connectivity index (χ2v) is 5.28. The standard InChI is InChI=1S/C11H17NO4/c1-11(2,3)16-10(14)12-6-4-5-7(13)9-8(6)15-9/h6,8-9H,4-5H2,1-3H3,(H,12,14)/t6-,8+,9-/m1/s1. The van der Waals surface area contributed by atoms with Crippen LogP contribution in [-0.4, -0.2) is 35.7 Å². The summed E-state index contributed by atoms with van der Waals surface area (Å²) in [4.78, 5) is 22.7. The molecule has 5 heteroatoms. The Morgan fingerprint density at radius 2 is 2.19 bits per heavy atom. The highest BCUT2D eigenvalue weighted by Gasteiger charge is 2.53. The average molecular weight is 227 g/mol. The van der Waals surface area contributed by atoms with E-state index in [0.717, 1.165) is 0 Å². The molecular formula is C11H17NO4. The van der Waals surface area contributed by atoms with Crippen molar-refractivity contribution in [2.24, 2.45) is 0 Å². The highest BCUT2D eigenvalue weighted by atomic mass is 16.6. The zero-order valence-corrected chi connectivity index (χ0v) is 9.78. The molecule has 1 amide bonds. The Labute approximate surface area is 94.5 Å². The summed E-state index contributed by atoms with van der Waals surface area (Å²) in [6, 6.07) is -0.0856. The number of carbonyl (C=O) groups excluding carboxylic acids is 2. The van der Waals surface area contributed by atoms with E-state index in [1.807, 2.05) is 20.8 Å². The molecule has 16 heavy (non-hydrogen) atoms. The van der Waals surface area contributed by atoms with Crippen LogP contribution in [0, 0.1) is 0 Å². The van der Waals surface area contributed by atoms with Gasteiger partial charge in [0.25, 0.3) is 0 Å². The van der Waals surface area contributed by atoms with E-state index in [-0.39, 0.29) is 24.0 Å². The topological polar surface area (TPSA) is 67.9 Å². The minimum atomic E-state index is -0.502. The van der Waals surface area contributed by atoms with E-state index in [4.69, 9.17) is 9.47 Å². The molecule has 90 valence electrons. The van der Waals surface area contributed by atoms with Crippen molar-refractivity contribution in [3.05, 3.63) is 0 Å². The summed E-state index contributed by atoms with van der Waals surface area (Å²) in [5, 5.41) is 2.75. The van der Waals surface area contributed by atoms with Gasteiger partial charge in [0.15, 0.2) is 5.78 Å². The van der Waals surface area contributed by atoms with Crippen LogP contribution >= 0.6 is 0 Å². The first-order valence-corrected chi connectivity index (χ1v) is 5.54. The van der Waals surface area contributed by atoms with Crippen LogP contribution in [0.1, 0.15) is 33.6 Å². The zero-order valence-electron chi connectivity index (χ0n) is 9.78. The van der Waals surface area contributed by atoms with Crippen LogP contribution in [0.15, 0.2) is 0 Å². The van der Waals surface area contributed by atoms with Crippen LogP contribution in [0.4, 0.5) is 4.79 Å². The van der Waals surface area contributed by atoms with E-state index in [1.165, 1.54) is 0 Å². The first-order chi connectivity index (χ1) is 7.37. The maximum Gasteiger partial charge on any atom is 0.407 e. The summed E-state index contributed by atoms with van der Waals surface area (Å²) in [6.45, 7) is 5.44. The predicted octanol–water partition coefficient (Wildman–Crippen LogP) is 1.01. The third-order valence-electron chi connectivity index (χ3n) is 2.64. The van der Waals surface area contributed by atoms with Gasteiger partial charge in [-0.3, -0.25) is 4.79 Å². The van der Waals surface area contributed by atoms with Gasteiger partial charge in [0, 0.05) is 6.42 Å². The first-order valence-electron chi connectivity index (χ1n) is 5.54. The van der Waals surface area contributed by atoms with Crippen molar-refractivity contribution in [1.82, 2.24) is 5.32 Å². The molecular weight excluding hydrogens is 210 g/mol. The molecule has 3 atom stereocenters. The Balaban J connectivity index is 1.83. The monoisotopic (exact) mass is 227 g/mol. The van der Waals surface area contributed by atoms with E-state index >= 15 is 0 Å². The lowest BCUT2D eigenvalue weighted by Crippen LogP contribution is -2.45. The maximum atomic E-state index is 11.5. The number of hydrogen-bond acceptors (Lipinski definition) is 4. The van der Waals surface area contributed by atoms with Gasteiger partial charge in [-0.15, -0.1) is 0 Å². The average Bonchev–Trinajstić information content (AvgIpc) is 2.86. The summed E-state index contributed by atoms with van der Waals surface area (Å²) in [5.74, 6) is 0.146. The quantitative estimate of drug-likeness (QED) is 0.679. The Kier molecular flexibility index (Phi) is 2.66. The van der Waals surface area contributed by atoms with Crippen LogP contribution in [0.2, 0.25) is 0 Å². The van der Waals surface area contributed by atoms with Gasteiger partial charge in [0.05, 0.1) is 6.04 Å². The molecule has 1 aliphatic carbocycles. The second-order valence-electron chi connectivity index (χ2n) is 5.28. The van der Waals surface area contributed by atoms with Gasteiger partial charge in [-0.2, -0.15) is 0 Å². The van der Waals surface area contributed by atoms with Gasteiger partial charge < -0.3 is 14.8 Å². The summed E-state index contributed by atoms with van der Waals surface area (Å²) in [5.41, 5.74) is -0.502. The summed E-state index contributed by atoms with van der Waals surface area (Å²) in [7, 11) is 0. The van der Waals surface area contributed by atoms with E-state index in [2.05, 4.69) is 5.32 Å². The zero-order chi connectivity index (χ0) is 11.9. The molecule has 1 saturated heterocycles. The van der Waals surface area contributed by atoms with E-state index < -0.39 is 11.7 Å². The molecule has 1 aliphatic heterocycles. The molecule has 1 saturated carbocycles. The number of Topliss-reactive ketones (excluding diaryl/α,β-unsaturated/α-hetero) is 1. The van der Waals surface area contributed by atoms with Crippen LogP contribution in [-0.2, 0) is 14.3 Å². The van der Waals surface area contributed by atoms with Crippen molar-refractivity contribution >= 4 is 11.9 Å². The molecule has 2 aliphatic rings. The number of epoxide rings is 1. The lowest BCUT2D eigenvalue weighted by atomic mass is 9.94. The largest absolute Gasteiger partial charge is 0.444 e. The van der Waals surface area contributed by atoms with Crippen molar-refractivity contribution in [3.8, 4) is 0 Å². The molecule has 2 rings (SSSR count). The molecule has 0 radical (unpaired) electrons. The van der Waals surface area contributed by atoms with Gasteiger partial charge in [-0.1, -0.05) is 0 Å². The van der Waals surface area contributed by atoms with Crippen molar-refractivity contribution in [2.75, 3.05) is 0 Å². The summed E-state index contributed by atoms with van der Waals surface area (Å²) < 4.78 is 10.4. The minimum Gasteiger partial charge on any atom is -0.444 e. The Morgan fingerprint density at radius 1 is 1.50 bits per heavy atom. The summed E-state index contributed by atoms with van der Waals surface area (Å²) in [6.07, 6.45) is 0.254. The highest BCUT2D eigenvalue weighted by Crippen LogP contribution is 2.34. The molecule has 0 aromatic heterocycles. The third kappa shape index (κ3) is 2.52. The van der Waals surface area contributed by atoms with Crippen LogP contribution in [0.25, 0.3) is 0 Å². The van der Waals surface area contributed by atoms with Crippen LogP contribution in [0.3, 0.4) is 0 Å². The number of hydrogen-bond donors (Lipinski definition) is 1. The number of fused-ring (bicyclic) bond motifs is 1. The lowest BCUT2D eigenvalue weighted by Gasteiger charge is -2.23. The minimum absolute atomic E-state index is 0.0856. The normalized spacial score (nSPS) is 32.9. The number of rotatable bonds is 1. The van der Waals surface area contributed by atoms with Gasteiger partial charge in [-0.05, 0) is 27.2 Å². The maximum absolute atomic E-state index is 11.5. The highest BCUT2D eigenvalue weighted by molar-refractivity contribution is 5.87. The smallest absolute Gasteiger partial charge is 0.407 e. The second kappa shape index (κ2) is 3.73. The van der Waals surface area contributed by atoms with Crippen molar-refractivity contribution < 1.29 is 19.1 Å². The van der Waals surface area contributed by atoms with Crippen molar-refractivity contribution in [2.45, 2.75) is 57.5 Å². The lowest BCUT2D eigenvalue weighted by molar-refractivity contribution is -0.120. The van der Waals surface area contributed by atoms with Crippen molar-refractivity contribution in [1.29, 1.82) is 0 Å². The predicted molar refractivity (Wildman–Crippen MR) is 56.1 cm³/mol. The molecule has 1 N–H and O–H groups in total. The van der Waals surface area contributed by atoms with Crippen LogP contribution in [0.5, 0.6) is 0 Å². The van der Waals surface area contributed by atoms with Gasteiger partial charge in [0.2, 0.25) is 0 Å². The molecule has 0 unspecified atom stereocenters. The fourth-order valence-corrected chi connectivity index (χ4v) is 1.91. The molecule has 0 aromatic rings. The van der Waals surface area contributed by atoms with E-state index in [0.29, 0.717) is 12.8 Å². The van der Waals surface area contributed by atoms with Gasteiger partial charge in [-0.25, -0.2) is 4.79 Å². The molecule has 0 aromatic carbocycles. The van der Waals surface area contributed by atoms with E-state index in [1.54, 1.807) is 0 Å². The third-order valence-corrected chi connectivity index (χ3v) is 2.64. The molecule has 1 heterocycles. The number of ether oxygens (including phenoxy) is 2. The Hall–Kier alpha value is -1.10. The number of ketones is 1. The number of nitrogens with one attached hydrogen (secondary N) is 1. The number of alkyl carbamates (subject to hydrolysis) is 1. The fraction of sp³-hybridized carbons (Fsp3) is 0.818. The Morgan fingerprint density at radius 3 is 2.81 bits per heavy atom. The molecule has 0 bridgehead atoms. The SMILES string of the molecule is CC(C)(C)OC(=O)N[C@@H]1CCC(=O)[C@H]2O[C@H]21. The summed E-state index contributed by atoms with van der Waals surface area (Å²) >= 11 is 0. The first kappa shape index (κ1) is 11.4. The molecule has 5 nitrogen and oxygen atoms in total. The van der Waals surface area contributed by atoms with Crippen molar-refractivity contribution in [3.63, 3.8) is 0 Å². The van der Waals surface area contributed by atoms with E-state index in [9.17, 15) is 9.59 Å². The number of carbonyl (C=O) groups is 2. The number of amides is 1. The fourth-order valence-electron chi connectivity index (χ4n) is 1.91. The molecule has 0 spiro atoms.